The Morgan fingerprint density at radius 2 is 2.11 bits per heavy atom. The van der Waals surface area contributed by atoms with Gasteiger partial charge in [-0.3, -0.25) is 9.79 Å². The molecule has 1 amide bonds. The van der Waals surface area contributed by atoms with Gasteiger partial charge >= 0.3 is 0 Å². The number of nitrogens with zero attached hydrogens (tertiary/aromatic N) is 3. The minimum atomic E-state index is -0.0297. The summed E-state index contributed by atoms with van der Waals surface area (Å²) in [7, 11) is 5.81. The van der Waals surface area contributed by atoms with Gasteiger partial charge in [-0.2, -0.15) is 11.8 Å². The van der Waals surface area contributed by atoms with Gasteiger partial charge in [0.05, 0.1) is 0 Å². The van der Waals surface area contributed by atoms with Gasteiger partial charge in [-0.15, -0.1) is 0 Å². The minimum absolute atomic E-state index is 0.0297. The second-order valence-corrected chi connectivity index (χ2v) is 9.49. The summed E-state index contributed by atoms with van der Waals surface area (Å²) in [6.45, 7) is 8.64. The smallest absolute Gasteiger partial charge is 0.251 e. The maximum absolute atomic E-state index is 12.3. The molecule has 6 nitrogen and oxygen atoms in total. The lowest BCUT2D eigenvalue weighted by molar-refractivity contribution is 0.0951. The van der Waals surface area contributed by atoms with E-state index in [0.717, 1.165) is 36.9 Å². The Labute approximate surface area is 167 Å². The molecule has 0 bridgehead atoms. The van der Waals surface area contributed by atoms with Crippen LogP contribution in [0, 0.1) is 0 Å². The first-order chi connectivity index (χ1) is 12.8. The van der Waals surface area contributed by atoms with Crippen LogP contribution in [0.1, 0.15) is 29.8 Å². The standard InChI is InChI=1S/C20H33N5OS/c1-20(2)15-25(11-12-27-20)19(21-3)23-14-16-7-6-8-17(13-16)18(26)22-9-10-24(4)5/h6-8,13H,9-12,14-15H2,1-5H3,(H,21,23)(H,22,26). The van der Waals surface area contributed by atoms with E-state index in [2.05, 4.69) is 34.4 Å². The largest absolute Gasteiger partial charge is 0.352 e. The van der Waals surface area contributed by atoms with E-state index in [0.29, 0.717) is 18.7 Å². The fraction of sp³-hybridized carbons (Fsp3) is 0.600. The first kappa shape index (κ1) is 21.6. The number of thioether (sulfide) groups is 1. The van der Waals surface area contributed by atoms with Crippen molar-refractivity contribution in [2.75, 3.05) is 53.1 Å². The molecule has 1 fully saturated rings. The number of amides is 1. The van der Waals surface area contributed by atoms with Crippen LogP contribution in [0.25, 0.3) is 0 Å². The maximum atomic E-state index is 12.3. The summed E-state index contributed by atoms with van der Waals surface area (Å²) in [5.41, 5.74) is 1.76. The van der Waals surface area contributed by atoms with Crippen LogP contribution in [0.2, 0.25) is 0 Å². The van der Waals surface area contributed by atoms with Gasteiger partial charge in [0.15, 0.2) is 5.96 Å². The second-order valence-electron chi connectivity index (χ2n) is 7.69. The molecule has 0 saturated carbocycles. The van der Waals surface area contributed by atoms with E-state index in [9.17, 15) is 4.79 Å². The van der Waals surface area contributed by atoms with Crippen molar-refractivity contribution in [2.24, 2.45) is 4.99 Å². The van der Waals surface area contributed by atoms with Crippen molar-refractivity contribution in [2.45, 2.75) is 25.1 Å². The predicted octanol–water partition coefficient (Wildman–Crippen LogP) is 1.88. The lowest BCUT2D eigenvalue weighted by atomic mass is 10.1. The minimum Gasteiger partial charge on any atom is -0.352 e. The molecule has 0 aliphatic carbocycles. The fourth-order valence-electron chi connectivity index (χ4n) is 3.03. The van der Waals surface area contributed by atoms with Crippen molar-refractivity contribution in [3.8, 4) is 0 Å². The molecule has 1 aromatic carbocycles. The molecule has 2 N–H and O–H groups in total. The summed E-state index contributed by atoms with van der Waals surface area (Å²) < 4.78 is 0.237. The molecule has 1 aliphatic heterocycles. The Hall–Kier alpha value is -1.73. The summed E-state index contributed by atoms with van der Waals surface area (Å²) in [5.74, 6) is 2.00. The van der Waals surface area contributed by atoms with Gasteiger partial charge in [-0.05, 0) is 45.6 Å². The predicted molar refractivity (Wildman–Crippen MR) is 116 cm³/mol. The van der Waals surface area contributed by atoms with Gasteiger partial charge in [0, 0.05) is 55.8 Å². The van der Waals surface area contributed by atoms with Gasteiger partial charge in [0.25, 0.3) is 5.91 Å². The maximum Gasteiger partial charge on any atom is 0.251 e. The Bertz CT molecular complexity index is 660. The number of rotatable bonds is 6. The van der Waals surface area contributed by atoms with Crippen LogP contribution in [0.4, 0.5) is 0 Å². The van der Waals surface area contributed by atoms with Crippen LogP contribution in [0.5, 0.6) is 0 Å². The first-order valence-corrected chi connectivity index (χ1v) is 10.4. The van der Waals surface area contributed by atoms with Crippen molar-refractivity contribution in [3.63, 3.8) is 0 Å². The molecule has 27 heavy (non-hydrogen) atoms. The lowest BCUT2D eigenvalue weighted by Crippen LogP contribution is -2.50. The third-order valence-corrected chi connectivity index (χ3v) is 5.72. The van der Waals surface area contributed by atoms with Crippen LogP contribution in [0.15, 0.2) is 29.3 Å². The number of carbonyl (C=O) groups is 1. The van der Waals surface area contributed by atoms with Crippen molar-refractivity contribution < 1.29 is 4.79 Å². The lowest BCUT2D eigenvalue weighted by Gasteiger charge is -2.39. The van der Waals surface area contributed by atoms with Crippen LogP contribution < -0.4 is 10.6 Å². The van der Waals surface area contributed by atoms with Crippen LogP contribution in [-0.4, -0.2) is 79.5 Å². The van der Waals surface area contributed by atoms with Crippen LogP contribution in [-0.2, 0) is 6.54 Å². The molecule has 2 rings (SSSR count). The molecular weight excluding hydrogens is 358 g/mol. The molecule has 1 aromatic rings. The van der Waals surface area contributed by atoms with Crippen molar-refractivity contribution in [3.05, 3.63) is 35.4 Å². The zero-order valence-corrected chi connectivity index (χ0v) is 18.0. The topological polar surface area (TPSA) is 60.0 Å². The number of hydrogen-bond donors (Lipinski definition) is 2. The van der Waals surface area contributed by atoms with Crippen LogP contribution in [0.3, 0.4) is 0 Å². The monoisotopic (exact) mass is 391 g/mol. The molecule has 1 heterocycles. The number of hydrogen-bond acceptors (Lipinski definition) is 4. The van der Waals surface area contributed by atoms with Gasteiger partial charge in [-0.25, -0.2) is 0 Å². The highest BCUT2D eigenvalue weighted by Crippen LogP contribution is 2.29. The van der Waals surface area contributed by atoms with Gasteiger partial charge < -0.3 is 20.4 Å². The van der Waals surface area contributed by atoms with E-state index in [1.54, 1.807) is 0 Å². The van der Waals surface area contributed by atoms with E-state index < -0.39 is 0 Å². The molecule has 0 aromatic heterocycles. The van der Waals surface area contributed by atoms with Crippen molar-refractivity contribution in [1.29, 1.82) is 0 Å². The zero-order chi connectivity index (χ0) is 19.9. The van der Waals surface area contributed by atoms with E-state index in [-0.39, 0.29) is 10.7 Å². The summed E-state index contributed by atoms with van der Waals surface area (Å²) in [6.07, 6.45) is 0. The normalized spacial score (nSPS) is 17.1. The average Bonchev–Trinajstić information content (AvgIpc) is 2.61. The molecule has 0 spiro atoms. The number of carbonyl (C=O) groups excluding carboxylic acids is 1. The molecule has 7 heteroatoms. The fourth-order valence-corrected chi connectivity index (χ4v) is 4.14. The number of guanidine groups is 1. The molecule has 0 unspecified atom stereocenters. The average molecular weight is 392 g/mol. The van der Waals surface area contributed by atoms with E-state index in [4.69, 9.17) is 0 Å². The van der Waals surface area contributed by atoms with Gasteiger partial charge in [0.1, 0.15) is 0 Å². The summed E-state index contributed by atoms with van der Waals surface area (Å²) in [5, 5.41) is 6.40. The third-order valence-electron chi connectivity index (χ3n) is 4.42. The molecule has 1 saturated heterocycles. The quantitative estimate of drug-likeness (QED) is 0.573. The number of nitrogens with one attached hydrogen (secondary N) is 2. The van der Waals surface area contributed by atoms with Crippen molar-refractivity contribution in [1.82, 2.24) is 20.4 Å². The van der Waals surface area contributed by atoms with Gasteiger partial charge in [-0.1, -0.05) is 12.1 Å². The zero-order valence-electron chi connectivity index (χ0n) is 17.2. The summed E-state index contributed by atoms with van der Waals surface area (Å²) >= 11 is 2.01. The second kappa shape index (κ2) is 9.99. The summed E-state index contributed by atoms with van der Waals surface area (Å²) in [4.78, 5) is 21.1. The molecule has 1 aliphatic rings. The highest BCUT2D eigenvalue weighted by Gasteiger charge is 2.28. The number of benzene rings is 1. The SMILES string of the molecule is CN=C(NCc1cccc(C(=O)NCCN(C)C)c1)N1CCSC(C)(C)C1. The first-order valence-electron chi connectivity index (χ1n) is 9.42. The van der Waals surface area contributed by atoms with Crippen molar-refractivity contribution >= 4 is 23.6 Å². The Morgan fingerprint density at radius 3 is 2.78 bits per heavy atom. The Kier molecular flexibility index (Phi) is 7.98. The number of likely N-dealkylation sites (N-methyl/N-ethyl adjacent to an activating group) is 1. The molecular formula is C20H33N5OS. The molecule has 150 valence electrons. The molecule has 0 radical (unpaired) electrons. The highest BCUT2D eigenvalue weighted by molar-refractivity contribution is 8.00. The van der Waals surface area contributed by atoms with Crippen LogP contribution >= 0.6 is 11.8 Å². The van der Waals surface area contributed by atoms with E-state index >= 15 is 0 Å². The molecule has 0 atom stereocenters. The van der Waals surface area contributed by atoms with E-state index in [1.165, 1.54) is 0 Å². The van der Waals surface area contributed by atoms with E-state index in [1.807, 2.05) is 62.1 Å². The van der Waals surface area contributed by atoms with Gasteiger partial charge in [0.2, 0.25) is 0 Å². The Morgan fingerprint density at radius 1 is 1.33 bits per heavy atom. The third kappa shape index (κ3) is 7.07. The Balaban J connectivity index is 1.92. The highest BCUT2D eigenvalue weighted by atomic mass is 32.2. The summed E-state index contributed by atoms with van der Waals surface area (Å²) in [6, 6.07) is 7.77. The number of aliphatic imine (C=N–C) groups is 1.